The Morgan fingerprint density at radius 2 is 2.30 bits per heavy atom. The van der Waals surface area contributed by atoms with Crippen molar-refractivity contribution in [2.45, 2.75) is 20.0 Å². The van der Waals surface area contributed by atoms with Crippen molar-refractivity contribution in [1.82, 2.24) is 4.98 Å². The van der Waals surface area contributed by atoms with Crippen LogP contribution >= 0.6 is 22.9 Å². The lowest BCUT2D eigenvalue weighted by Gasteiger charge is -2.06. The number of rotatable bonds is 5. The number of ether oxygens (including phenoxy) is 1. The molecule has 0 unspecified atom stereocenters. The molecule has 0 aliphatic heterocycles. The van der Waals surface area contributed by atoms with Crippen LogP contribution in [0, 0.1) is 6.92 Å². The van der Waals surface area contributed by atoms with Crippen LogP contribution in [0.15, 0.2) is 23.6 Å². The van der Waals surface area contributed by atoms with Gasteiger partial charge in [0, 0.05) is 23.2 Å². The summed E-state index contributed by atoms with van der Waals surface area (Å²) in [5, 5.41) is 6.19. The van der Waals surface area contributed by atoms with E-state index >= 15 is 0 Å². The van der Waals surface area contributed by atoms with E-state index in [1.807, 2.05) is 24.4 Å². The number of nitrogens with one attached hydrogen (secondary N) is 1. The summed E-state index contributed by atoms with van der Waals surface area (Å²) in [5.74, 6) is -0.112. The van der Waals surface area contributed by atoms with Crippen LogP contribution in [0.4, 0.5) is 5.69 Å². The number of aryl methyl sites for hydroxylation is 1. The fourth-order valence-corrected chi connectivity index (χ4v) is 2.60. The number of aromatic nitrogens is 1. The number of anilines is 1. The Kier molecular flexibility index (Phi) is 5.11. The molecule has 1 aromatic heterocycles. The molecule has 106 valence electrons. The smallest absolute Gasteiger partial charge is 0.230 e. The number of hydrogen-bond donors (Lipinski definition) is 1. The molecule has 2 aromatic rings. The van der Waals surface area contributed by atoms with E-state index in [2.05, 4.69) is 10.3 Å². The summed E-state index contributed by atoms with van der Waals surface area (Å²) >= 11 is 7.51. The van der Waals surface area contributed by atoms with Gasteiger partial charge in [0.25, 0.3) is 0 Å². The monoisotopic (exact) mass is 310 g/mol. The fourth-order valence-electron chi connectivity index (χ4n) is 1.66. The molecule has 0 aliphatic rings. The van der Waals surface area contributed by atoms with E-state index in [9.17, 15) is 4.79 Å². The van der Waals surface area contributed by atoms with Gasteiger partial charge in [-0.05, 0) is 24.6 Å². The third-order valence-corrected chi connectivity index (χ3v) is 3.94. The molecule has 0 radical (unpaired) electrons. The molecule has 6 heteroatoms. The van der Waals surface area contributed by atoms with Crippen molar-refractivity contribution in [1.29, 1.82) is 0 Å². The Bertz CT molecular complexity index is 613. The molecule has 0 aliphatic carbocycles. The van der Waals surface area contributed by atoms with Crippen molar-refractivity contribution in [3.63, 3.8) is 0 Å². The molecule has 1 heterocycles. The number of amides is 1. The Balaban J connectivity index is 1.95. The largest absolute Gasteiger partial charge is 0.378 e. The van der Waals surface area contributed by atoms with Gasteiger partial charge >= 0.3 is 0 Å². The Morgan fingerprint density at radius 1 is 1.50 bits per heavy atom. The normalized spacial score (nSPS) is 10.6. The predicted molar refractivity (Wildman–Crippen MR) is 81.3 cm³/mol. The highest BCUT2D eigenvalue weighted by Crippen LogP contribution is 2.20. The summed E-state index contributed by atoms with van der Waals surface area (Å²) < 4.78 is 5.00. The molecule has 0 bridgehead atoms. The number of nitrogens with zero attached hydrogens (tertiary/aromatic N) is 1. The second-order valence-corrected chi connectivity index (χ2v) is 5.70. The highest BCUT2D eigenvalue weighted by molar-refractivity contribution is 7.09. The first-order valence-electron chi connectivity index (χ1n) is 6.06. The number of methoxy groups -OCH3 is 1. The molecule has 0 atom stereocenters. The van der Waals surface area contributed by atoms with Crippen molar-refractivity contribution in [3.05, 3.63) is 44.9 Å². The third-order valence-electron chi connectivity index (χ3n) is 2.66. The van der Waals surface area contributed by atoms with Gasteiger partial charge in [-0.2, -0.15) is 0 Å². The molecular weight excluding hydrogens is 296 g/mol. The number of benzene rings is 1. The molecule has 0 saturated carbocycles. The van der Waals surface area contributed by atoms with Gasteiger partial charge in [0.1, 0.15) is 5.01 Å². The van der Waals surface area contributed by atoms with Gasteiger partial charge in [-0.1, -0.05) is 17.7 Å². The standard InChI is InChI=1S/C14H15ClN2O2S/c1-9-3-4-10(5-12(9)15)16-13(18)6-11-8-20-14(17-11)7-19-2/h3-5,8H,6-7H2,1-2H3,(H,16,18). The van der Waals surface area contributed by atoms with Crippen molar-refractivity contribution in [2.75, 3.05) is 12.4 Å². The Hall–Kier alpha value is -1.43. The summed E-state index contributed by atoms with van der Waals surface area (Å²) in [7, 11) is 1.62. The third kappa shape index (κ3) is 4.03. The maximum Gasteiger partial charge on any atom is 0.230 e. The van der Waals surface area contributed by atoms with Gasteiger partial charge in [0.2, 0.25) is 5.91 Å². The topological polar surface area (TPSA) is 51.2 Å². The number of carbonyl (C=O) groups excluding carboxylic acids is 1. The van der Waals surface area contributed by atoms with Crippen molar-refractivity contribution >= 4 is 34.5 Å². The van der Waals surface area contributed by atoms with E-state index < -0.39 is 0 Å². The van der Waals surface area contributed by atoms with E-state index in [0.717, 1.165) is 16.3 Å². The summed E-state index contributed by atoms with van der Waals surface area (Å²) in [6.45, 7) is 2.39. The fraction of sp³-hybridized carbons (Fsp3) is 0.286. The predicted octanol–water partition coefficient (Wildman–Crippen LogP) is 3.43. The molecule has 20 heavy (non-hydrogen) atoms. The van der Waals surface area contributed by atoms with Crippen LogP contribution in [-0.4, -0.2) is 18.0 Å². The summed E-state index contributed by atoms with van der Waals surface area (Å²) in [5.41, 5.74) is 2.42. The van der Waals surface area contributed by atoms with Gasteiger partial charge in [-0.15, -0.1) is 11.3 Å². The van der Waals surface area contributed by atoms with Gasteiger partial charge in [-0.3, -0.25) is 4.79 Å². The van der Waals surface area contributed by atoms with E-state index in [-0.39, 0.29) is 12.3 Å². The lowest BCUT2D eigenvalue weighted by atomic mass is 10.2. The molecule has 0 saturated heterocycles. The van der Waals surface area contributed by atoms with E-state index in [0.29, 0.717) is 17.3 Å². The number of carbonyl (C=O) groups is 1. The molecule has 1 amide bonds. The Labute approximate surface area is 126 Å². The lowest BCUT2D eigenvalue weighted by molar-refractivity contribution is -0.115. The second-order valence-electron chi connectivity index (χ2n) is 4.35. The maximum atomic E-state index is 11.9. The lowest BCUT2D eigenvalue weighted by Crippen LogP contribution is -2.14. The van der Waals surface area contributed by atoms with Crippen molar-refractivity contribution < 1.29 is 9.53 Å². The van der Waals surface area contributed by atoms with Crippen LogP contribution in [0.3, 0.4) is 0 Å². The quantitative estimate of drug-likeness (QED) is 0.920. The summed E-state index contributed by atoms with van der Waals surface area (Å²) in [4.78, 5) is 16.2. The number of thiazole rings is 1. The molecule has 0 fully saturated rings. The number of halogens is 1. The van der Waals surface area contributed by atoms with Crippen LogP contribution in [0.25, 0.3) is 0 Å². The van der Waals surface area contributed by atoms with Crippen LogP contribution in [0.2, 0.25) is 5.02 Å². The SMILES string of the molecule is COCc1nc(CC(=O)Nc2ccc(C)c(Cl)c2)cs1. The molecule has 1 aromatic carbocycles. The minimum absolute atomic E-state index is 0.112. The van der Waals surface area contributed by atoms with Crippen LogP contribution < -0.4 is 5.32 Å². The zero-order valence-corrected chi connectivity index (χ0v) is 12.8. The van der Waals surface area contributed by atoms with Crippen molar-refractivity contribution in [3.8, 4) is 0 Å². The van der Waals surface area contributed by atoms with Crippen LogP contribution in [0.5, 0.6) is 0 Å². The minimum Gasteiger partial charge on any atom is -0.378 e. The van der Waals surface area contributed by atoms with E-state index in [4.69, 9.17) is 16.3 Å². The molecule has 0 spiro atoms. The average Bonchev–Trinajstić information content (AvgIpc) is 2.81. The molecule has 2 rings (SSSR count). The van der Waals surface area contributed by atoms with Gasteiger partial charge in [0.05, 0.1) is 18.7 Å². The van der Waals surface area contributed by atoms with Gasteiger partial charge in [-0.25, -0.2) is 4.98 Å². The first-order valence-corrected chi connectivity index (χ1v) is 7.32. The van der Waals surface area contributed by atoms with Crippen molar-refractivity contribution in [2.24, 2.45) is 0 Å². The minimum atomic E-state index is -0.112. The Morgan fingerprint density at radius 3 is 3.00 bits per heavy atom. The van der Waals surface area contributed by atoms with Gasteiger partial charge in [0.15, 0.2) is 0 Å². The second kappa shape index (κ2) is 6.83. The van der Waals surface area contributed by atoms with Crippen LogP contribution in [-0.2, 0) is 22.6 Å². The highest BCUT2D eigenvalue weighted by Gasteiger charge is 2.08. The summed E-state index contributed by atoms with van der Waals surface area (Å²) in [6.07, 6.45) is 0.242. The van der Waals surface area contributed by atoms with Gasteiger partial charge < -0.3 is 10.1 Å². The number of hydrogen-bond acceptors (Lipinski definition) is 4. The van der Waals surface area contributed by atoms with E-state index in [1.54, 1.807) is 13.2 Å². The zero-order valence-electron chi connectivity index (χ0n) is 11.3. The average molecular weight is 311 g/mol. The first-order chi connectivity index (χ1) is 9.58. The summed E-state index contributed by atoms with van der Waals surface area (Å²) in [6, 6.07) is 5.44. The highest BCUT2D eigenvalue weighted by atomic mass is 35.5. The first kappa shape index (κ1) is 15.0. The maximum absolute atomic E-state index is 11.9. The van der Waals surface area contributed by atoms with E-state index in [1.165, 1.54) is 11.3 Å². The molecule has 1 N–H and O–H groups in total. The van der Waals surface area contributed by atoms with Crippen LogP contribution in [0.1, 0.15) is 16.3 Å². The molecule has 4 nitrogen and oxygen atoms in total. The molecular formula is C14H15ClN2O2S. The zero-order chi connectivity index (χ0) is 14.5.